The third-order valence-electron chi connectivity index (χ3n) is 3.52. The van der Waals surface area contributed by atoms with Gasteiger partial charge >= 0.3 is 6.18 Å². The van der Waals surface area contributed by atoms with E-state index in [1.54, 1.807) is 0 Å². The molecule has 0 atom stereocenters. The van der Waals surface area contributed by atoms with Crippen LogP contribution in [0.4, 0.5) is 13.2 Å². The Balaban J connectivity index is 1.91. The van der Waals surface area contributed by atoms with E-state index in [2.05, 4.69) is 10.4 Å². The second kappa shape index (κ2) is 6.44. The third-order valence-corrected chi connectivity index (χ3v) is 3.52. The van der Waals surface area contributed by atoms with Crippen LogP contribution in [-0.2, 0) is 22.9 Å². The van der Waals surface area contributed by atoms with E-state index in [1.165, 1.54) is 0 Å². The van der Waals surface area contributed by atoms with Gasteiger partial charge in [0.2, 0.25) is 5.91 Å². The molecule has 0 radical (unpaired) electrons. The zero-order valence-corrected chi connectivity index (χ0v) is 12.9. The first-order valence-electron chi connectivity index (χ1n) is 7.11. The van der Waals surface area contributed by atoms with E-state index in [-0.39, 0.29) is 17.9 Å². The number of aromatic nitrogens is 2. The molecule has 1 heterocycles. The fraction of sp³-hybridized carbons (Fsp3) is 0.375. The second-order valence-corrected chi connectivity index (χ2v) is 5.92. The first kappa shape index (κ1) is 17.1. The first-order valence-corrected chi connectivity index (χ1v) is 7.11. The van der Waals surface area contributed by atoms with Crippen molar-refractivity contribution in [3.8, 4) is 0 Å². The van der Waals surface area contributed by atoms with Gasteiger partial charge in [-0.1, -0.05) is 44.2 Å². The minimum atomic E-state index is -4.50. The smallest absolute Gasteiger partial charge is 0.354 e. The topological polar surface area (TPSA) is 46.9 Å². The summed E-state index contributed by atoms with van der Waals surface area (Å²) >= 11 is 0. The maximum atomic E-state index is 12.5. The Morgan fingerprint density at radius 1 is 1.17 bits per heavy atom. The van der Waals surface area contributed by atoms with Crippen molar-refractivity contribution < 1.29 is 18.0 Å². The van der Waals surface area contributed by atoms with E-state index >= 15 is 0 Å². The van der Waals surface area contributed by atoms with Gasteiger partial charge in [0.05, 0.1) is 0 Å². The number of amides is 1. The van der Waals surface area contributed by atoms with Gasteiger partial charge < -0.3 is 5.32 Å². The molecule has 4 nitrogen and oxygen atoms in total. The van der Waals surface area contributed by atoms with Crippen LogP contribution in [0.25, 0.3) is 0 Å². The molecule has 2 aromatic rings. The normalized spacial score (nSPS) is 12.2. The summed E-state index contributed by atoms with van der Waals surface area (Å²) in [7, 11) is 0. The van der Waals surface area contributed by atoms with Crippen molar-refractivity contribution in [2.24, 2.45) is 0 Å². The van der Waals surface area contributed by atoms with E-state index in [4.69, 9.17) is 0 Å². The van der Waals surface area contributed by atoms with Crippen LogP contribution in [0.2, 0.25) is 0 Å². The van der Waals surface area contributed by atoms with E-state index in [0.29, 0.717) is 6.54 Å². The van der Waals surface area contributed by atoms with Gasteiger partial charge in [-0.25, -0.2) is 0 Å². The van der Waals surface area contributed by atoms with Crippen molar-refractivity contribution in [1.29, 1.82) is 0 Å². The lowest BCUT2D eigenvalue weighted by Gasteiger charge is -2.25. The summed E-state index contributed by atoms with van der Waals surface area (Å²) in [6.45, 7) is 4.10. The summed E-state index contributed by atoms with van der Waals surface area (Å²) in [6, 6.07) is 10.5. The summed E-state index contributed by atoms with van der Waals surface area (Å²) in [4.78, 5) is 11.9. The third kappa shape index (κ3) is 4.58. The van der Waals surface area contributed by atoms with E-state index in [0.717, 1.165) is 22.5 Å². The predicted octanol–water partition coefficient (Wildman–Crippen LogP) is 3.00. The summed E-state index contributed by atoms with van der Waals surface area (Å²) in [5, 5.41) is 6.09. The fourth-order valence-electron chi connectivity index (χ4n) is 2.11. The van der Waals surface area contributed by atoms with Gasteiger partial charge in [-0.2, -0.15) is 18.3 Å². The molecule has 0 aliphatic carbocycles. The molecule has 1 aromatic heterocycles. The fourth-order valence-corrected chi connectivity index (χ4v) is 2.11. The maximum absolute atomic E-state index is 12.5. The minimum absolute atomic E-state index is 0.249. The molecule has 2 rings (SSSR count). The molecule has 0 fully saturated rings. The predicted molar refractivity (Wildman–Crippen MR) is 79.7 cm³/mol. The van der Waals surface area contributed by atoms with Gasteiger partial charge in [0.15, 0.2) is 5.69 Å². The van der Waals surface area contributed by atoms with Crippen LogP contribution in [0, 0.1) is 0 Å². The van der Waals surface area contributed by atoms with Crippen LogP contribution in [0.1, 0.15) is 25.1 Å². The number of nitrogens with zero attached hydrogens (tertiary/aromatic N) is 2. The second-order valence-electron chi connectivity index (χ2n) is 5.92. The van der Waals surface area contributed by atoms with Crippen LogP contribution in [-0.4, -0.2) is 22.2 Å². The average molecular weight is 325 g/mol. The highest BCUT2D eigenvalue weighted by molar-refractivity contribution is 5.75. The van der Waals surface area contributed by atoms with Crippen LogP contribution >= 0.6 is 0 Å². The van der Waals surface area contributed by atoms with Crippen LogP contribution < -0.4 is 5.32 Å². The Morgan fingerprint density at radius 3 is 2.39 bits per heavy atom. The quantitative estimate of drug-likeness (QED) is 0.919. The highest BCUT2D eigenvalue weighted by atomic mass is 19.4. The number of carbonyl (C=O) groups is 1. The number of alkyl halides is 3. The number of carbonyl (C=O) groups excluding carboxylic acids is 1. The lowest BCUT2D eigenvalue weighted by Crippen LogP contribution is -2.38. The molecule has 124 valence electrons. The molecule has 0 aliphatic heterocycles. The number of nitrogens with one attached hydrogen (secondary N) is 1. The molecule has 0 saturated carbocycles. The summed E-state index contributed by atoms with van der Waals surface area (Å²) in [5.74, 6) is -0.383. The van der Waals surface area contributed by atoms with Gasteiger partial charge in [0, 0.05) is 18.2 Å². The van der Waals surface area contributed by atoms with Crippen molar-refractivity contribution in [2.75, 3.05) is 6.54 Å². The zero-order valence-electron chi connectivity index (χ0n) is 12.9. The van der Waals surface area contributed by atoms with Gasteiger partial charge in [0.1, 0.15) is 6.54 Å². The average Bonchev–Trinajstić information content (AvgIpc) is 2.95. The minimum Gasteiger partial charge on any atom is -0.354 e. The van der Waals surface area contributed by atoms with Crippen molar-refractivity contribution in [3.05, 3.63) is 53.9 Å². The van der Waals surface area contributed by atoms with Crippen molar-refractivity contribution in [3.63, 3.8) is 0 Å². The molecule has 0 aliphatic rings. The molecule has 1 N–H and O–H groups in total. The Labute approximate surface area is 132 Å². The molecule has 1 aromatic carbocycles. The molecule has 1 amide bonds. The van der Waals surface area contributed by atoms with Crippen molar-refractivity contribution in [1.82, 2.24) is 15.1 Å². The van der Waals surface area contributed by atoms with Gasteiger partial charge in [-0.3, -0.25) is 9.48 Å². The summed E-state index contributed by atoms with van der Waals surface area (Å²) in [5.41, 5.74) is -0.216. The van der Waals surface area contributed by atoms with Crippen molar-refractivity contribution >= 4 is 5.91 Å². The molecule has 7 heteroatoms. The highest BCUT2D eigenvalue weighted by Crippen LogP contribution is 2.27. The molecule has 0 bridgehead atoms. The maximum Gasteiger partial charge on any atom is 0.435 e. The molecule has 0 spiro atoms. The Hall–Kier alpha value is -2.31. The van der Waals surface area contributed by atoms with E-state index in [1.807, 2.05) is 44.2 Å². The monoisotopic (exact) mass is 325 g/mol. The van der Waals surface area contributed by atoms with Crippen LogP contribution in [0.15, 0.2) is 42.6 Å². The van der Waals surface area contributed by atoms with Gasteiger partial charge in [-0.05, 0) is 11.6 Å². The van der Waals surface area contributed by atoms with Crippen molar-refractivity contribution in [2.45, 2.75) is 32.0 Å². The van der Waals surface area contributed by atoms with Crippen LogP contribution in [0.3, 0.4) is 0 Å². The zero-order chi connectivity index (χ0) is 17.1. The molecular formula is C16H18F3N3O. The molecular weight excluding hydrogens is 307 g/mol. The van der Waals surface area contributed by atoms with E-state index < -0.39 is 11.9 Å². The number of rotatable bonds is 5. The van der Waals surface area contributed by atoms with E-state index in [9.17, 15) is 18.0 Å². The number of hydrogen-bond acceptors (Lipinski definition) is 2. The van der Waals surface area contributed by atoms with Gasteiger partial charge in [0.25, 0.3) is 0 Å². The SMILES string of the molecule is CC(C)(CNC(=O)Cn1ccc(C(F)(F)F)n1)c1ccccc1. The molecule has 0 unspecified atom stereocenters. The Morgan fingerprint density at radius 2 is 1.83 bits per heavy atom. The largest absolute Gasteiger partial charge is 0.435 e. The van der Waals surface area contributed by atoms with Gasteiger partial charge in [-0.15, -0.1) is 0 Å². The number of hydrogen-bond donors (Lipinski definition) is 1. The number of benzene rings is 1. The Bertz CT molecular complexity index is 663. The molecule has 23 heavy (non-hydrogen) atoms. The first-order chi connectivity index (χ1) is 10.7. The lowest BCUT2D eigenvalue weighted by atomic mass is 9.84. The number of halogens is 3. The standard InChI is InChI=1S/C16H18F3N3O/c1-15(2,12-6-4-3-5-7-12)11-20-14(23)10-22-9-8-13(21-22)16(17,18)19/h3-9H,10-11H2,1-2H3,(H,20,23). The van der Waals surface area contributed by atoms with Crippen LogP contribution in [0.5, 0.6) is 0 Å². The lowest BCUT2D eigenvalue weighted by molar-refractivity contribution is -0.141. The highest BCUT2D eigenvalue weighted by Gasteiger charge is 2.33. The summed E-state index contributed by atoms with van der Waals surface area (Å²) in [6.07, 6.45) is -3.36. The Kier molecular flexibility index (Phi) is 4.77. The molecule has 0 saturated heterocycles. The summed E-state index contributed by atoms with van der Waals surface area (Å²) < 4.78 is 38.3.